The molecule has 1 aromatic heterocycles. The minimum Gasteiger partial charge on any atom is -0.294 e. The van der Waals surface area contributed by atoms with E-state index in [0.717, 1.165) is 32.6 Å². The first kappa shape index (κ1) is 12.4. The summed E-state index contributed by atoms with van der Waals surface area (Å²) in [4.78, 5) is 24.9. The second-order valence-corrected chi connectivity index (χ2v) is 7.36. The van der Waals surface area contributed by atoms with Crippen molar-refractivity contribution in [2.75, 3.05) is 6.26 Å². The van der Waals surface area contributed by atoms with Gasteiger partial charge in [-0.05, 0) is 49.8 Å². The standard InChI is InChI=1S/C14H16O2S2/c1-7(15)13-10-5-9(8-3-4-8)6-11(16)12(10)14(17-2)18-13/h8-9H,3-6H2,1-2H3/t9-/m0/s1. The van der Waals surface area contributed by atoms with E-state index in [1.165, 1.54) is 24.2 Å². The van der Waals surface area contributed by atoms with Crippen LogP contribution in [-0.2, 0) is 6.42 Å². The van der Waals surface area contributed by atoms with E-state index in [-0.39, 0.29) is 11.6 Å². The van der Waals surface area contributed by atoms with E-state index in [9.17, 15) is 9.59 Å². The monoisotopic (exact) mass is 280 g/mol. The molecule has 0 N–H and O–H groups in total. The second kappa shape index (κ2) is 4.49. The van der Waals surface area contributed by atoms with Crippen molar-refractivity contribution in [2.45, 2.75) is 36.8 Å². The molecule has 0 aliphatic heterocycles. The maximum absolute atomic E-state index is 12.3. The third-order valence-electron chi connectivity index (χ3n) is 3.96. The number of thioether (sulfide) groups is 1. The SMILES string of the molecule is CSc1sc(C(C)=O)c2c1C(=O)C[C@@H](C1CC1)C2. The Labute approximate surface area is 115 Å². The van der Waals surface area contributed by atoms with E-state index in [1.54, 1.807) is 18.7 Å². The molecule has 0 bridgehead atoms. The van der Waals surface area contributed by atoms with Crippen LogP contribution in [0.1, 0.15) is 51.8 Å². The summed E-state index contributed by atoms with van der Waals surface area (Å²) in [6, 6.07) is 0. The van der Waals surface area contributed by atoms with Crippen LogP contribution in [0.4, 0.5) is 0 Å². The fraction of sp³-hybridized carbons (Fsp3) is 0.571. The maximum atomic E-state index is 12.3. The Kier molecular flexibility index (Phi) is 3.10. The van der Waals surface area contributed by atoms with Crippen LogP contribution in [0.3, 0.4) is 0 Å². The lowest BCUT2D eigenvalue weighted by atomic mass is 9.81. The van der Waals surface area contributed by atoms with Gasteiger partial charge in [-0.3, -0.25) is 9.59 Å². The molecule has 1 heterocycles. The summed E-state index contributed by atoms with van der Waals surface area (Å²) >= 11 is 3.11. The molecule has 2 nitrogen and oxygen atoms in total. The molecule has 1 atom stereocenters. The van der Waals surface area contributed by atoms with Crippen LogP contribution in [0.5, 0.6) is 0 Å². The highest BCUT2D eigenvalue weighted by atomic mass is 32.2. The van der Waals surface area contributed by atoms with E-state index in [4.69, 9.17) is 0 Å². The Morgan fingerprint density at radius 1 is 1.28 bits per heavy atom. The highest BCUT2D eigenvalue weighted by Gasteiger charge is 2.39. The smallest absolute Gasteiger partial charge is 0.170 e. The molecule has 1 fully saturated rings. The van der Waals surface area contributed by atoms with Crippen molar-refractivity contribution in [2.24, 2.45) is 11.8 Å². The number of rotatable bonds is 3. The largest absolute Gasteiger partial charge is 0.294 e. The van der Waals surface area contributed by atoms with Crippen LogP contribution in [0.15, 0.2) is 4.21 Å². The summed E-state index contributed by atoms with van der Waals surface area (Å²) in [5.74, 6) is 1.61. The second-order valence-electron chi connectivity index (χ2n) is 5.26. The van der Waals surface area contributed by atoms with Crippen molar-refractivity contribution >= 4 is 34.7 Å². The predicted octanol–water partition coefficient (Wildman–Crippen LogP) is 3.83. The molecule has 0 saturated heterocycles. The van der Waals surface area contributed by atoms with Gasteiger partial charge in [0.1, 0.15) is 0 Å². The fourth-order valence-corrected chi connectivity index (χ4v) is 4.92. The Morgan fingerprint density at radius 2 is 2.00 bits per heavy atom. The molecule has 2 aliphatic rings. The van der Waals surface area contributed by atoms with E-state index in [0.29, 0.717) is 12.3 Å². The molecule has 1 saturated carbocycles. The van der Waals surface area contributed by atoms with Gasteiger partial charge in [0.15, 0.2) is 11.6 Å². The molecule has 18 heavy (non-hydrogen) atoms. The highest BCUT2D eigenvalue weighted by molar-refractivity contribution is 8.00. The molecule has 0 aromatic carbocycles. The number of carbonyl (C=O) groups is 2. The van der Waals surface area contributed by atoms with Crippen molar-refractivity contribution in [3.05, 3.63) is 16.0 Å². The topological polar surface area (TPSA) is 34.1 Å². The average Bonchev–Trinajstić information content (AvgIpc) is 3.10. The number of Topliss-reactive ketones (excluding diaryl/α,β-unsaturated/α-hetero) is 2. The summed E-state index contributed by atoms with van der Waals surface area (Å²) < 4.78 is 1.04. The van der Waals surface area contributed by atoms with Gasteiger partial charge >= 0.3 is 0 Å². The van der Waals surface area contributed by atoms with Crippen LogP contribution in [-0.4, -0.2) is 17.8 Å². The summed E-state index contributed by atoms with van der Waals surface area (Å²) in [7, 11) is 0. The third-order valence-corrected chi connectivity index (χ3v) is 6.41. The molecule has 4 heteroatoms. The molecule has 96 valence electrons. The summed E-state index contributed by atoms with van der Waals surface area (Å²) in [6.07, 6.45) is 6.15. The first-order valence-electron chi connectivity index (χ1n) is 6.35. The van der Waals surface area contributed by atoms with Crippen LogP contribution in [0, 0.1) is 11.8 Å². The number of fused-ring (bicyclic) bond motifs is 1. The minimum atomic E-state index is 0.112. The molecule has 3 rings (SSSR count). The van der Waals surface area contributed by atoms with Gasteiger partial charge in [0, 0.05) is 12.0 Å². The lowest BCUT2D eigenvalue weighted by Gasteiger charge is -2.22. The Morgan fingerprint density at radius 3 is 2.56 bits per heavy atom. The van der Waals surface area contributed by atoms with Crippen LogP contribution >= 0.6 is 23.1 Å². The first-order valence-corrected chi connectivity index (χ1v) is 8.39. The van der Waals surface area contributed by atoms with Gasteiger partial charge in [-0.25, -0.2) is 0 Å². The van der Waals surface area contributed by atoms with Gasteiger partial charge in [0.2, 0.25) is 0 Å². The highest BCUT2D eigenvalue weighted by Crippen LogP contribution is 2.47. The molecule has 2 aliphatic carbocycles. The van der Waals surface area contributed by atoms with Gasteiger partial charge in [-0.1, -0.05) is 0 Å². The molecular formula is C14H16O2S2. The first-order chi connectivity index (χ1) is 8.61. The Balaban J connectivity index is 2.06. The third kappa shape index (κ3) is 1.95. The average molecular weight is 280 g/mol. The maximum Gasteiger partial charge on any atom is 0.170 e. The molecule has 0 radical (unpaired) electrons. The van der Waals surface area contributed by atoms with E-state index >= 15 is 0 Å². The van der Waals surface area contributed by atoms with Gasteiger partial charge in [0.05, 0.1) is 9.09 Å². The summed E-state index contributed by atoms with van der Waals surface area (Å²) in [6.45, 7) is 1.61. The number of thiophene rings is 1. The van der Waals surface area contributed by atoms with Crippen LogP contribution in [0.25, 0.3) is 0 Å². The van der Waals surface area contributed by atoms with Gasteiger partial charge in [-0.2, -0.15) is 0 Å². The van der Waals surface area contributed by atoms with E-state index in [1.807, 2.05) is 6.26 Å². The van der Waals surface area contributed by atoms with Crippen molar-refractivity contribution in [3.63, 3.8) is 0 Å². The predicted molar refractivity (Wildman–Crippen MR) is 75.0 cm³/mol. The van der Waals surface area contributed by atoms with Gasteiger partial charge < -0.3 is 0 Å². The zero-order valence-electron chi connectivity index (χ0n) is 10.6. The molecule has 0 unspecified atom stereocenters. The molecular weight excluding hydrogens is 264 g/mol. The quantitative estimate of drug-likeness (QED) is 0.623. The van der Waals surface area contributed by atoms with Crippen LogP contribution < -0.4 is 0 Å². The van der Waals surface area contributed by atoms with Crippen molar-refractivity contribution < 1.29 is 9.59 Å². The van der Waals surface area contributed by atoms with Crippen molar-refractivity contribution in [1.29, 1.82) is 0 Å². The van der Waals surface area contributed by atoms with E-state index in [2.05, 4.69) is 0 Å². The molecule has 0 amide bonds. The number of hydrogen-bond acceptors (Lipinski definition) is 4. The summed E-state index contributed by atoms with van der Waals surface area (Å²) in [5.41, 5.74) is 1.93. The lowest BCUT2D eigenvalue weighted by Crippen LogP contribution is -2.21. The minimum absolute atomic E-state index is 0.112. The molecule has 0 spiro atoms. The Bertz CT molecular complexity index is 526. The van der Waals surface area contributed by atoms with Crippen molar-refractivity contribution in [1.82, 2.24) is 0 Å². The Hall–Kier alpha value is -0.610. The summed E-state index contributed by atoms with van der Waals surface area (Å²) in [5, 5.41) is 0. The number of carbonyl (C=O) groups excluding carboxylic acids is 2. The van der Waals surface area contributed by atoms with Crippen molar-refractivity contribution in [3.8, 4) is 0 Å². The lowest BCUT2D eigenvalue weighted by molar-refractivity contribution is 0.0940. The normalized spacial score (nSPS) is 23.0. The number of hydrogen-bond donors (Lipinski definition) is 0. The van der Waals surface area contributed by atoms with Gasteiger partial charge in [0.25, 0.3) is 0 Å². The fourth-order valence-electron chi connectivity index (χ4n) is 2.92. The molecule has 1 aromatic rings. The van der Waals surface area contributed by atoms with Gasteiger partial charge in [-0.15, -0.1) is 23.1 Å². The van der Waals surface area contributed by atoms with Crippen LogP contribution in [0.2, 0.25) is 0 Å². The zero-order valence-corrected chi connectivity index (χ0v) is 12.2. The zero-order chi connectivity index (χ0) is 12.9. The number of ketones is 2. The van der Waals surface area contributed by atoms with E-state index < -0.39 is 0 Å².